The second kappa shape index (κ2) is 9.00. The van der Waals surface area contributed by atoms with Crippen molar-refractivity contribution in [2.45, 2.75) is 4.90 Å². The van der Waals surface area contributed by atoms with Gasteiger partial charge in [0.1, 0.15) is 0 Å². The molecule has 1 aromatic heterocycles. The number of amides is 1. The first-order valence-electron chi connectivity index (χ1n) is 8.55. The number of nitrogens with zero attached hydrogens (tertiary/aromatic N) is 2. The molecule has 0 saturated carbocycles. The van der Waals surface area contributed by atoms with Crippen LogP contribution in [0.3, 0.4) is 0 Å². The largest absolute Gasteiger partial charge is 0.298 e. The number of anilines is 1. The van der Waals surface area contributed by atoms with Crippen molar-refractivity contribution in [2.24, 2.45) is 0 Å². The van der Waals surface area contributed by atoms with Gasteiger partial charge in [0.25, 0.3) is 5.91 Å². The number of para-hydroxylation sites is 1. The van der Waals surface area contributed by atoms with Crippen LogP contribution in [-0.4, -0.2) is 36.7 Å². The Morgan fingerprint density at radius 3 is 2.38 bits per heavy atom. The molecule has 9 heteroatoms. The monoisotopic (exact) mass is 491 g/mol. The maximum Gasteiger partial charge on any atom is 0.257 e. The summed E-state index contributed by atoms with van der Waals surface area (Å²) in [7, 11) is -3.71. The number of benzene rings is 2. The van der Waals surface area contributed by atoms with E-state index < -0.39 is 10.0 Å². The summed E-state index contributed by atoms with van der Waals surface area (Å²) in [5.41, 5.74) is 1.11. The van der Waals surface area contributed by atoms with E-state index >= 15 is 0 Å². The van der Waals surface area contributed by atoms with Crippen LogP contribution in [0.4, 0.5) is 5.13 Å². The number of hydrogen-bond donors (Lipinski definition) is 1. The zero-order valence-corrected chi connectivity index (χ0v) is 18.6. The molecule has 1 N–H and O–H groups in total. The van der Waals surface area contributed by atoms with Crippen LogP contribution in [0.2, 0.25) is 0 Å². The molecule has 0 radical (unpaired) electrons. The van der Waals surface area contributed by atoms with Crippen LogP contribution in [0, 0.1) is 0 Å². The van der Waals surface area contributed by atoms with E-state index in [4.69, 9.17) is 0 Å². The number of thiazole rings is 1. The normalized spacial score (nSPS) is 11.5. The van der Waals surface area contributed by atoms with Crippen molar-refractivity contribution in [3.05, 3.63) is 77.8 Å². The summed E-state index contributed by atoms with van der Waals surface area (Å²) in [4.78, 5) is 17.0. The molecule has 3 rings (SSSR count). The SMILES string of the molecule is C=CCN(CC=C)S(=O)(=O)c1ccc(C(=O)Nc2nc3c(Br)cccc3s2)cc1. The molecular formula is C20H18BrN3O3S2. The molecular weight excluding hydrogens is 474 g/mol. The minimum Gasteiger partial charge on any atom is -0.298 e. The minimum absolute atomic E-state index is 0.0988. The molecule has 0 saturated heterocycles. The quantitative estimate of drug-likeness (QED) is 0.464. The molecule has 1 amide bonds. The third-order valence-electron chi connectivity index (χ3n) is 4.01. The summed E-state index contributed by atoms with van der Waals surface area (Å²) >= 11 is 4.80. The molecule has 0 spiro atoms. The zero-order valence-electron chi connectivity index (χ0n) is 15.3. The first-order chi connectivity index (χ1) is 13.9. The molecule has 150 valence electrons. The summed E-state index contributed by atoms with van der Waals surface area (Å²) in [5.74, 6) is -0.363. The van der Waals surface area contributed by atoms with E-state index in [0.717, 1.165) is 14.7 Å². The summed E-state index contributed by atoms with van der Waals surface area (Å²) in [5, 5.41) is 3.23. The van der Waals surface area contributed by atoms with E-state index in [0.29, 0.717) is 10.7 Å². The van der Waals surface area contributed by atoms with Crippen LogP contribution in [0.1, 0.15) is 10.4 Å². The average molecular weight is 492 g/mol. The highest BCUT2D eigenvalue weighted by atomic mass is 79.9. The number of aromatic nitrogens is 1. The van der Waals surface area contributed by atoms with E-state index in [-0.39, 0.29) is 23.9 Å². The number of carbonyl (C=O) groups excluding carboxylic acids is 1. The third kappa shape index (κ3) is 4.64. The van der Waals surface area contributed by atoms with Gasteiger partial charge in [-0.25, -0.2) is 13.4 Å². The van der Waals surface area contributed by atoms with Crippen molar-refractivity contribution < 1.29 is 13.2 Å². The van der Waals surface area contributed by atoms with Gasteiger partial charge >= 0.3 is 0 Å². The third-order valence-corrected chi connectivity index (χ3v) is 7.43. The number of rotatable bonds is 8. The van der Waals surface area contributed by atoms with Gasteiger partial charge in [0.05, 0.1) is 15.1 Å². The first-order valence-corrected chi connectivity index (χ1v) is 11.6. The fourth-order valence-electron chi connectivity index (χ4n) is 2.62. The molecule has 0 fully saturated rings. The summed E-state index contributed by atoms with van der Waals surface area (Å²) < 4.78 is 28.5. The maximum absolute atomic E-state index is 12.7. The maximum atomic E-state index is 12.7. The fraction of sp³-hybridized carbons (Fsp3) is 0.100. The van der Waals surface area contributed by atoms with Crippen molar-refractivity contribution in [3.63, 3.8) is 0 Å². The number of hydrogen-bond acceptors (Lipinski definition) is 5. The Bertz CT molecular complexity index is 1160. The number of sulfonamides is 1. The van der Waals surface area contributed by atoms with Crippen LogP contribution in [-0.2, 0) is 10.0 Å². The average Bonchev–Trinajstić information content (AvgIpc) is 3.12. The van der Waals surface area contributed by atoms with Gasteiger partial charge in [0.2, 0.25) is 10.0 Å². The van der Waals surface area contributed by atoms with E-state index in [1.807, 2.05) is 18.2 Å². The second-order valence-electron chi connectivity index (χ2n) is 5.98. The Balaban J connectivity index is 1.79. The first kappa shape index (κ1) is 21.4. The van der Waals surface area contributed by atoms with Gasteiger partial charge in [-0.3, -0.25) is 10.1 Å². The number of fused-ring (bicyclic) bond motifs is 1. The van der Waals surface area contributed by atoms with Gasteiger partial charge < -0.3 is 0 Å². The molecule has 0 atom stereocenters. The predicted molar refractivity (Wildman–Crippen MR) is 121 cm³/mol. The van der Waals surface area contributed by atoms with Crippen LogP contribution in [0.5, 0.6) is 0 Å². The molecule has 1 heterocycles. The standard InChI is InChI=1S/C20H18BrN3O3S2/c1-3-12-24(13-4-2)29(26,27)15-10-8-14(9-11-15)19(25)23-20-22-18-16(21)6-5-7-17(18)28-20/h3-11H,1-2,12-13H2,(H,22,23,25). The van der Waals surface area contributed by atoms with Gasteiger partial charge in [0.15, 0.2) is 5.13 Å². The zero-order chi connectivity index (χ0) is 21.0. The molecule has 2 aromatic carbocycles. The van der Waals surface area contributed by atoms with Crippen LogP contribution in [0.25, 0.3) is 10.2 Å². The van der Waals surface area contributed by atoms with Gasteiger partial charge in [0, 0.05) is 23.1 Å². The van der Waals surface area contributed by atoms with E-state index in [1.54, 1.807) is 0 Å². The number of halogens is 1. The lowest BCUT2D eigenvalue weighted by atomic mass is 10.2. The summed E-state index contributed by atoms with van der Waals surface area (Å²) in [6, 6.07) is 11.5. The molecule has 0 aliphatic heterocycles. The highest BCUT2D eigenvalue weighted by Crippen LogP contribution is 2.31. The Morgan fingerprint density at radius 2 is 1.79 bits per heavy atom. The van der Waals surface area contributed by atoms with E-state index in [2.05, 4.69) is 39.4 Å². The van der Waals surface area contributed by atoms with Gasteiger partial charge in [-0.05, 0) is 52.3 Å². The Hall–Kier alpha value is -2.33. The van der Waals surface area contributed by atoms with Crippen molar-refractivity contribution >= 4 is 58.5 Å². The minimum atomic E-state index is -3.71. The Kier molecular flexibility index (Phi) is 6.63. The fourth-order valence-corrected chi connectivity index (χ4v) is 5.48. The molecule has 0 bridgehead atoms. The van der Waals surface area contributed by atoms with Crippen molar-refractivity contribution in [1.82, 2.24) is 9.29 Å². The van der Waals surface area contributed by atoms with Gasteiger partial charge in [-0.1, -0.05) is 29.6 Å². The van der Waals surface area contributed by atoms with Crippen molar-refractivity contribution in [3.8, 4) is 0 Å². The van der Waals surface area contributed by atoms with Gasteiger partial charge in [-0.15, -0.1) is 13.2 Å². The lowest BCUT2D eigenvalue weighted by molar-refractivity contribution is 0.102. The smallest absolute Gasteiger partial charge is 0.257 e. The topological polar surface area (TPSA) is 79.4 Å². The summed E-state index contributed by atoms with van der Waals surface area (Å²) in [6.07, 6.45) is 3.03. The molecule has 0 aliphatic rings. The predicted octanol–water partition coefficient (Wildman–Crippen LogP) is 4.67. The second-order valence-corrected chi connectivity index (χ2v) is 9.81. The van der Waals surface area contributed by atoms with Crippen LogP contribution >= 0.6 is 27.3 Å². The van der Waals surface area contributed by atoms with Crippen molar-refractivity contribution in [2.75, 3.05) is 18.4 Å². The molecule has 6 nitrogen and oxygen atoms in total. The lowest BCUT2D eigenvalue weighted by Gasteiger charge is -2.19. The van der Waals surface area contributed by atoms with E-state index in [9.17, 15) is 13.2 Å². The van der Waals surface area contributed by atoms with Gasteiger partial charge in [-0.2, -0.15) is 4.31 Å². The van der Waals surface area contributed by atoms with Crippen molar-refractivity contribution in [1.29, 1.82) is 0 Å². The number of nitrogens with one attached hydrogen (secondary N) is 1. The summed E-state index contributed by atoms with van der Waals surface area (Å²) in [6.45, 7) is 7.51. The molecule has 29 heavy (non-hydrogen) atoms. The highest BCUT2D eigenvalue weighted by Gasteiger charge is 2.22. The molecule has 0 unspecified atom stereocenters. The number of carbonyl (C=O) groups is 1. The van der Waals surface area contributed by atoms with Crippen LogP contribution in [0.15, 0.2) is 77.1 Å². The highest BCUT2D eigenvalue weighted by molar-refractivity contribution is 9.10. The molecule has 3 aromatic rings. The Morgan fingerprint density at radius 1 is 1.14 bits per heavy atom. The molecule has 0 aliphatic carbocycles. The lowest BCUT2D eigenvalue weighted by Crippen LogP contribution is -2.31. The van der Waals surface area contributed by atoms with E-state index in [1.165, 1.54) is 52.1 Å². The van der Waals surface area contributed by atoms with Crippen LogP contribution < -0.4 is 5.32 Å². The Labute approximate surface area is 181 Å².